The van der Waals surface area contributed by atoms with E-state index in [1.54, 1.807) is 4.57 Å². The second-order valence-electron chi connectivity index (χ2n) is 7.54. The summed E-state index contributed by atoms with van der Waals surface area (Å²) in [6.07, 6.45) is 0. The first-order valence-electron chi connectivity index (χ1n) is 10.7. The van der Waals surface area contributed by atoms with E-state index in [4.69, 9.17) is 0 Å². The topological polar surface area (TPSA) is 81.8 Å². The van der Waals surface area contributed by atoms with Crippen LogP contribution in [0.5, 0.6) is 0 Å². The number of nitrogens with one attached hydrogen (secondary N) is 1. The smallest absolute Gasteiger partial charge is 0.308 e. The lowest BCUT2D eigenvalue weighted by Gasteiger charge is -2.11. The molecule has 0 saturated heterocycles. The SMILES string of the molecule is O=C(CSc1nnc(Cn2c(=O)sc3ccccc32)n1-c1ccccc1)NCc1ccccc1. The number of hydrogen-bond acceptors (Lipinski definition) is 6. The largest absolute Gasteiger partial charge is 0.351 e. The van der Waals surface area contributed by atoms with Crippen molar-refractivity contribution in [1.82, 2.24) is 24.6 Å². The molecule has 1 N–H and O–H groups in total. The molecule has 0 aliphatic heterocycles. The van der Waals surface area contributed by atoms with Crippen molar-refractivity contribution in [3.8, 4) is 5.69 Å². The van der Waals surface area contributed by atoms with E-state index in [1.165, 1.54) is 23.1 Å². The molecule has 34 heavy (non-hydrogen) atoms. The van der Waals surface area contributed by atoms with Gasteiger partial charge in [0.15, 0.2) is 11.0 Å². The molecular weight excluding hydrogens is 466 g/mol. The minimum Gasteiger partial charge on any atom is -0.351 e. The maximum atomic E-state index is 12.7. The van der Waals surface area contributed by atoms with Crippen LogP contribution in [0, 0.1) is 0 Å². The van der Waals surface area contributed by atoms with E-state index in [2.05, 4.69) is 15.5 Å². The van der Waals surface area contributed by atoms with Crippen LogP contribution in [-0.4, -0.2) is 31.0 Å². The number of nitrogens with zero attached hydrogens (tertiary/aromatic N) is 4. The van der Waals surface area contributed by atoms with E-state index in [0.717, 1.165) is 21.5 Å². The Labute approximate surface area is 204 Å². The third kappa shape index (κ3) is 4.80. The fourth-order valence-electron chi connectivity index (χ4n) is 3.62. The average molecular weight is 488 g/mol. The van der Waals surface area contributed by atoms with Crippen molar-refractivity contribution < 1.29 is 4.79 Å². The van der Waals surface area contributed by atoms with Gasteiger partial charge in [-0.1, -0.05) is 83.8 Å². The Morgan fingerprint density at radius 1 is 0.912 bits per heavy atom. The molecule has 170 valence electrons. The highest BCUT2D eigenvalue weighted by Gasteiger charge is 2.18. The Hall–Kier alpha value is -3.69. The number of para-hydroxylation sites is 2. The second-order valence-corrected chi connectivity index (χ2v) is 9.48. The Bertz CT molecular complexity index is 1480. The predicted octanol–water partition coefficient (Wildman–Crippen LogP) is 4.10. The van der Waals surface area contributed by atoms with Crippen LogP contribution >= 0.6 is 23.1 Å². The molecule has 7 nitrogen and oxygen atoms in total. The van der Waals surface area contributed by atoms with Crippen molar-refractivity contribution in [3.05, 3.63) is 106 Å². The van der Waals surface area contributed by atoms with Crippen LogP contribution in [0.4, 0.5) is 0 Å². The molecule has 1 amide bonds. The van der Waals surface area contributed by atoms with Gasteiger partial charge in [-0.15, -0.1) is 10.2 Å². The summed E-state index contributed by atoms with van der Waals surface area (Å²) < 4.78 is 4.56. The van der Waals surface area contributed by atoms with Gasteiger partial charge in [-0.25, -0.2) is 0 Å². The molecule has 0 fully saturated rings. The number of carbonyl (C=O) groups is 1. The molecule has 0 unspecified atom stereocenters. The van der Waals surface area contributed by atoms with Gasteiger partial charge in [0.1, 0.15) is 0 Å². The summed E-state index contributed by atoms with van der Waals surface area (Å²) in [4.78, 5) is 25.1. The first kappa shape index (κ1) is 22.1. The fourth-order valence-corrected chi connectivity index (χ4v) is 5.31. The molecule has 0 spiro atoms. The van der Waals surface area contributed by atoms with Crippen molar-refractivity contribution in [2.45, 2.75) is 18.2 Å². The minimum absolute atomic E-state index is 0.0432. The van der Waals surface area contributed by atoms with Gasteiger partial charge in [0.05, 0.1) is 22.5 Å². The Morgan fingerprint density at radius 2 is 1.62 bits per heavy atom. The predicted molar refractivity (Wildman–Crippen MR) is 136 cm³/mol. The minimum atomic E-state index is -0.0851. The van der Waals surface area contributed by atoms with E-state index < -0.39 is 0 Å². The van der Waals surface area contributed by atoms with Gasteiger partial charge in [-0.2, -0.15) is 0 Å². The zero-order valence-corrected chi connectivity index (χ0v) is 19.8. The Morgan fingerprint density at radius 3 is 2.41 bits per heavy atom. The first-order valence-corrected chi connectivity index (χ1v) is 12.5. The number of hydrogen-bond donors (Lipinski definition) is 1. The summed E-state index contributed by atoms with van der Waals surface area (Å²) >= 11 is 2.54. The van der Waals surface area contributed by atoms with Crippen molar-refractivity contribution >= 4 is 39.2 Å². The third-order valence-electron chi connectivity index (χ3n) is 5.25. The molecule has 0 aliphatic rings. The summed E-state index contributed by atoms with van der Waals surface area (Å²) in [5, 5.41) is 12.3. The van der Waals surface area contributed by atoms with Crippen LogP contribution in [0.15, 0.2) is 94.9 Å². The molecule has 0 atom stereocenters. The van der Waals surface area contributed by atoms with Crippen LogP contribution in [0.25, 0.3) is 15.9 Å². The maximum Gasteiger partial charge on any atom is 0.308 e. The summed E-state index contributed by atoms with van der Waals surface area (Å²) in [5.41, 5.74) is 2.79. The highest BCUT2D eigenvalue weighted by molar-refractivity contribution is 7.99. The standard InChI is InChI=1S/C25H21N5O2S2/c31-23(26-15-18-9-3-1-4-10-18)17-33-24-28-27-22(30(24)19-11-5-2-6-12-19)16-29-20-13-7-8-14-21(20)34-25(29)32/h1-14H,15-17H2,(H,26,31). The number of benzene rings is 3. The highest BCUT2D eigenvalue weighted by atomic mass is 32.2. The molecule has 2 aromatic heterocycles. The van der Waals surface area contributed by atoms with Crippen molar-refractivity contribution in [2.75, 3.05) is 5.75 Å². The molecule has 0 bridgehead atoms. The molecular formula is C25H21N5O2S2. The maximum absolute atomic E-state index is 12.7. The zero-order valence-electron chi connectivity index (χ0n) is 18.1. The van der Waals surface area contributed by atoms with Gasteiger partial charge in [-0.3, -0.25) is 18.7 Å². The number of thiazole rings is 1. The van der Waals surface area contributed by atoms with Crippen molar-refractivity contribution in [3.63, 3.8) is 0 Å². The molecule has 3 aromatic carbocycles. The molecule has 5 aromatic rings. The van der Waals surface area contributed by atoms with E-state index in [9.17, 15) is 9.59 Å². The van der Waals surface area contributed by atoms with Crippen LogP contribution in [0.2, 0.25) is 0 Å². The van der Waals surface area contributed by atoms with Crippen molar-refractivity contribution in [1.29, 1.82) is 0 Å². The van der Waals surface area contributed by atoms with E-state index in [-0.39, 0.29) is 23.1 Å². The number of aromatic nitrogens is 4. The van der Waals surface area contributed by atoms with Gasteiger partial charge in [0.2, 0.25) is 5.91 Å². The number of fused-ring (bicyclic) bond motifs is 1. The number of amides is 1. The van der Waals surface area contributed by atoms with Gasteiger partial charge in [-0.05, 0) is 29.8 Å². The molecule has 5 rings (SSSR count). The Kier molecular flexibility index (Phi) is 6.55. The fraction of sp³-hybridized carbons (Fsp3) is 0.120. The van der Waals surface area contributed by atoms with E-state index >= 15 is 0 Å². The summed E-state index contributed by atoms with van der Waals surface area (Å²) in [6.45, 7) is 0.760. The lowest BCUT2D eigenvalue weighted by Crippen LogP contribution is -2.24. The first-order chi connectivity index (χ1) is 16.7. The molecule has 0 radical (unpaired) electrons. The zero-order chi connectivity index (χ0) is 23.3. The lowest BCUT2D eigenvalue weighted by molar-refractivity contribution is -0.118. The number of thioether (sulfide) groups is 1. The highest BCUT2D eigenvalue weighted by Crippen LogP contribution is 2.24. The van der Waals surface area contributed by atoms with Crippen molar-refractivity contribution in [2.24, 2.45) is 0 Å². The summed E-state index contributed by atoms with van der Waals surface area (Å²) in [7, 11) is 0. The van der Waals surface area contributed by atoms with Crippen LogP contribution in [-0.2, 0) is 17.9 Å². The monoisotopic (exact) mass is 487 g/mol. The average Bonchev–Trinajstić information content (AvgIpc) is 3.43. The van der Waals surface area contributed by atoms with E-state index in [1.807, 2.05) is 89.5 Å². The van der Waals surface area contributed by atoms with Crippen LogP contribution < -0.4 is 10.2 Å². The molecule has 0 aliphatic carbocycles. The number of rotatable bonds is 8. The van der Waals surface area contributed by atoms with E-state index in [0.29, 0.717) is 17.5 Å². The van der Waals surface area contributed by atoms with Gasteiger partial charge >= 0.3 is 4.87 Å². The second kappa shape index (κ2) is 10.1. The Balaban J connectivity index is 1.38. The lowest BCUT2D eigenvalue weighted by atomic mass is 10.2. The van der Waals surface area contributed by atoms with Crippen LogP contribution in [0.1, 0.15) is 11.4 Å². The van der Waals surface area contributed by atoms with Crippen LogP contribution in [0.3, 0.4) is 0 Å². The molecule has 9 heteroatoms. The van der Waals surface area contributed by atoms with Gasteiger partial charge < -0.3 is 5.32 Å². The normalized spacial score (nSPS) is 11.1. The summed E-state index contributed by atoms with van der Waals surface area (Å²) in [5.74, 6) is 0.751. The van der Waals surface area contributed by atoms with Gasteiger partial charge in [0, 0.05) is 12.2 Å². The quantitative estimate of drug-likeness (QED) is 0.333. The molecule has 0 saturated carbocycles. The third-order valence-corrected chi connectivity index (χ3v) is 7.14. The van der Waals surface area contributed by atoms with Gasteiger partial charge in [0.25, 0.3) is 0 Å². The molecule has 2 heterocycles. The summed E-state index contributed by atoms with van der Waals surface area (Å²) in [6, 6.07) is 27.2. The number of carbonyl (C=O) groups excluding carboxylic acids is 1.